The fourth-order valence-corrected chi connectivity index (χ4v) is 1.35. The van der Waals surface area contributed by atoms with Crippen molar-refractivity contribution < 1.29 is 9.13 Å². The minimum absolute atomic E-state index is 0.0764. The van der Waals surface area contributed by atoms with Crippen LogP contribution in [0, 0.1) is 17.1 Å². The molecule has 2 aromatic rings. The average Bonchev–Trinajstić information content (AvgIpc) is 2.39. The first kappa shape index (κ1) is 11.1. The van der Waals surface area contributed by atoms with Gasteiger partial charge < -0.3 is 4.74 Å². The second-order valence-electron chi connectivity index (χ2n) is 3.40. The molecular formula is C13H9FN2O. The van der Waals surface area contributed by atoms with Crippen molar-refractivity contribution in [2.45, 2.75) is 6.61 Å². The highest BCUT2D eigenvalue weighted by Crippen LogP contribution is 2.14. The van der Waals surface area contributed by atoms with E-state index in [-0.39, 0.29) is 12.4 Å². The molecular weight excluding hydrogens is 219 g/mol. The van der Waals surface area contributed by atoms with Gasteiger partial charge in [0.15, 0.2) is 0 Å². The lowest BCUT2D eigenvalue weighted by atomic mass is 10.1. The maximum absolute atomic E-state index is 13.4. The van der Waals surface area contributed by atoms with Crippen molar-refractivity contribution in [2.24, 2.45) is 0 Å². The van der Waals surface area contributed by atoms with E-state index in [9.17, 15) is 4.39 Å². The lowest BCUT2D eigenvalue weighted by molar-refractivity contribution is 0.298. The number of benzene rings is 1. The van der Waals surface area contributed by atoms with Crippen LogP contribution in [0.4, 0.5) is 4.39 Å². The summed E-state index contributed by atoms with van der Waals surface area (Å²) in [5.41, 5.74) is 0.768. The average molecular weight is 228 g/mol. The molecule has 0 aliphatic heterocycles. The van der Waals surface area contributed by atoms with E-state index in [0.29, 0.717) is 16.9 Å². The van der Waals surface area contributed by atoms with E-state index in [1.807, 2.05) is 6.07 Å². The van der Waals surface area contributed by atoms with Gasteiger partial charge in [-0.25, -0.2) is 4.39 Å². The zero-order valence-corrected chi connectivity index (χ0v) is 8.93. The molecule has 0 unspecified atom stereocenters. The third-order valence-corrected chi connectivity index (χ3v) is 2.20. The van der Waals surface area contributed by atoms with Crippen LogP contribution in [0.15, 0.2) is 42.7 Å². The molecule has 17 heavy (non-hydrogen) atoms. The maximum Gasteiger partial charge on any atom is 0.138 e. The first-order valence-electron chi connectivity index (χ1n) is 5.01. The number of halogens is 1. The van der Waals surface area contributed by atoms with Crippen LogP contribution in [0.3, 0.4) is 0 Å². The minimum atomic E-state index is -0.382. The van der Waals surface area contributed by atoms with Crippen LogP contribution < -0.4 is 4.74 Å². The van der Waals surface area contributed by atoms with Crippen LogP contribution in [-0.4, -0.2) is 4.98 Å². The molecule has 0 N–H and O–H groups in total. The third kappa shape index (κ3) is 2.79. The Morgan fingerprint density at radius 3 is 2.94 bits per heavy atom. The number of rotatable bonds is 3. The van der Waals surface area contributed by atoms with Gasteiger partial charge in [0.2, 0.25) is 0 Å². The Kier molecular flexibility index (Phi) is 3.31. The van der Waals surface area contributed by atoms with Gasteiger partial charge in [-0.3, -0.25) is 4.98 Å². The van der Waals surface area contributed by atoms with E-state index in [1.54, 1.807) is 24.5 Å². The fourth-order valence-electron chi connectivity index (χ4n) is 1.35. The molecule has 84 valence electrons. The molecule has 0 spiro atoms. The van der Waals surface area contributed by atoms with Crippen LogP contribution >= 0.6 is 0 Å². The van der Waals surface area contributed by atoms with Crippen molar-refractivity contribution in [3.05, 3.63) is 59.7 Å². The van der Waals surface area contributed by atoms with Crippen LogP contribution in [0.2, 0.25) is 0 Å². The second-order valence-corrected chi connectivity index (χ2v) is 3.40. The molecule has 0 fully saturated rings. The highest BCUT2D eigenvalue weighted by atomic mass is 19.1. The van der Waals surface area contributed by atoms with Crippen molar-refractivity contribution in [1.82, 2.24) is 4.98 Å². The first-order valence-corrected chi connectivity index (χ1v) is 5.01. The van der Waals surface area contributed by atoms with Crippen LogP contribution in [0.25, 0.3) is 0 Å². The summed E-state index contributed by atoms with van der Waals surface area (Å²) in [6.45, 7) is 0.0764. The first-order chi connectivity index (χ1) is 8.29. The van der Waals surface area contributed by atoms with Gasteiger partial charge in [0.05, 0.1) is 17.8 Å². The van der Waals surface area contributed by atoms with Crippen molar-refractivity contribution in [3.8, 4) is 11.8 Å². The molecule has 0 radical (unpaired) electrons. The Labute approximate surface area is 98.1 Å². The Hall–Kier alpha value is -2.41. The standard InChI is InChI=1S/C13H9FN2O/c14-13-4-3-10(7-15)6-11(13)9-17-12-2-1-5-16-8-12/h1-6,8H,9H2. The summed E-state index contributed by atoms with van der Waals surface area (Å²) in [6.07, 6.45) is 3.18. The Balaban J connectivity index is 2.12. The molecule has 0 aliphatic carbocycles. The Bertz CT molecular complexity index is 549. The zero-order valence-electron chi connectivity index (χ0n) is 8.93. The molecule has 0 saturated heterocycles. The fraction of sp³-hybridized carbons (Fsp3) is 0.0769. The van der Waals surface area contributed by atoms with Crippen LogP contribution in [-0.2, 0) is 6.61 Å². The molecule has 1 heterocycles. The molecule has 0 atom stereocenters. The van der Waals surface area contributed by atoms with E-state index < -0.39 is 0 Å². The van der Waals surface area contributed by atoms with Gasteiger partial charge in [0.1, 0.15) is 18.2 Å². The summed E-state index contributed by atoms with van der Waals surface area (Å²) < 4.78 is 18.8. The van der Waals surface area contributed by atoms with E-state index in [4.69, 9.17) is 10.00 Å². The van der Waals surface area contributed by atoms with Crippen molar-refractivity contribution in [3.63, 3.8) is 0 Å². The number of nitriles is 1. The monoisotopic (exact) mass is 228 g/mol. The highest BCUT2D eigenvalue weighted by Gasteiger charge is 2.04. The molecule has 0 bridgehead atoms. The van der Waals surface area contributed by atoms with E-state index in [2.05, 4.69) is 4.98 Å². The molecule has 0 aliphatic rings. The van der Waals surface area contributed by atoms with Gasteiger partial charge in [0.25, 0.3) is 0 Å². The number of pyridine rings is 1. The molecule has 0 amide bonds. The molecule has 1 aromatic carbocycles. The summed E-state index contributed by atoms with van der Waals surface area (Å²) >= 11 is 0. The third-order valence-electron chi connectivity index (χ3n) is 2.20. The summed E-state index contributed by atoms with van der Waals surface area (Å²) in [5, 5.41) is 8.71. The van der Waals surface area contributed by atoms with Crippen LogP contribution in [0.1, 0.15) is 11.1 Å². The van der Waals surface area contributed by atoms with Gasteiger partial charge >= 0.3 is 0 Å². The second kappa shape index (κ2) is 5.08. The molecule has 0 saturated carbocycles. The van der Waals surface area contributed by atoms with E-state index >= 15 is 0 Å². The smallest absolute Gasteiger partial charge is 0.138 e. The predicted octanol–water partition coefficient (Wildman–Crippen LogP) is 2.67. The predicted molar refractivity (Wildman–Crippen MR) is 59.7 cm³/mol. The van der Waals surface area contributed by atoms with Gasteiger partial charge in [-0.15, -0.1) is 0 Å². The minimum Gasteiger partial charge on any atom is -0.487 e. The maximum atomic E-state index is 13.4. The SMILES string of the molecule is N#Cc1ccc(F)c(COc2cccnc2)c1. The molecule has 2 rings (SSSR count). The Morgan fingerprint density at radius 2 is 2.24 bits per heavy atom. The summed E-state index contributed by atoms with van der Waals surface area (Å²) in [5.74, 6) is 0.183. The number of ether oxygens (including phenoxy) is 1. The number of nitrogens with zero attached hydrogens (tertiary/aromatic N) is 2. The van der Waals surface area contributed by atoms with Crippen LogP contribution in [0.5, 0.6) is 5.75 Å². The van der Waals surface area contributed by atoms with E-state index in [0.717, 1.165) is 0 Å². The molecule has 4 heteroatoms. The quantitative estimate of drug-likeness (QED) is 0.811. The van der Waals surface area contributed by atoms with Gasteiger partial charge in [-0.2, -0.15) is 5.26 Å². The highest BCUT2D eigenvalue weighted by molar-refractivity contribution is 5.33. The lowest BCUT2D eigenvalue weighted by Crippen LogP contribution is -1.99. The molecule has 3 nitrogen and oxygen atoms in total. The number of hydrogen-bond acceptors (Lipinski definition) is 3. The van der Waals surface area contributed by atoms with Crippen molar-refractivity contribution in [1.29, 1.82) is 5.26 Å². The summed E-state index contributed by atoms with van der Waals surface area (Å²) in [6, 6.07) is 9.60. The summed E-state index contributed by atoms with van der Waals surface area (Å²) in [7, 11) is 0. The normalized spacial score (nSPS) is 9.65. The number of aromatic nitrogens is 1. The van der Waals surface area contributed by atoms with Gasteiger partial charge in [-0.05, 0) is 30.3 Å². The summed E-state index contributed by atoms with van der Waals surface area (Å²) in [4.78, 5) is 3.88. The largest absolute Gasteiger partial charge is 0.487 e. The topological polar surface area (TPSA) is 45.9 Å². The van der Waals surface area contributed by atoms with Gasteiger partial charge in [-0.1, -0.05) is 0 Å². The molecule has 1 aromatic heterocycles. The zero-order chi connectivity index (χ0) is 12.1. The lowest BCUT2D eigenvalue weighted by Gasteiger charge is -2.06. The van der Waals surface area contributed by atoms with Crippen molar-refractivity contribution >= 4 is 0 Å². The Morgan fingerprint density at radius 1 is 1.35 bits per heavy atom. The number of hydrogen-bond donors (Lipinski definition) is 0. The van der Waals surface area contributed by atoms with Crippen molar-refractivity contribution in [2.75, 3.05) is 0 Å². The van der Waals surface area contributed by atoms with E-state index in [1.165, 1.54) is 18.2 Å². The van der Waals surface area contributed by atoms with Gasteiger partial charge in [0, 0.05) is 11.8 Å².